The van der Waals surface area contributed by atoms with Crippen molar-refractivity contribution in [3.8, 4) is 17.1 Å². The van der Waals surface area contributed by atoms with Gasteiger partial charge in [-0.2, -0.15) is 5.10 Å². The molecule has 5 heterocycles. The molecule has 2 aromatic heterocycles. The Hall–Kier alpha value is -3.82. The topological polar surface area (TPSA) is 112 Å². The van der Waals surface area contributed by atoms with Gasteiger partial charge in [0.15, 0.2) is 5.82 Å². The molecule has 2 amide bonds. The van der Waals surface area contributed by atoms with Crippen molar-refractivity contribution >= 4 is 23.3 Å². The fourth-order valence-electron chi connectivity index (χ4n) is 4.88. The zero-order valence-electron chi connectivity index (χ0n) is 17.5. The Morgan fingerprint density at radius 1 is 1.16 bits per heavy atom. The average molecular weight is 433 g/mol. The number of fused-ring (bicyclic) bond motifs is 4. The molecule has 0 saturated carbocycles. The zero-order chi connectivity index (χ0) is 21.8. The molecule has 1 saturated heterocycles. The summed E-state index contributed by atoms with van der Waals surface area (Å²) in [7, 11) is 0. The average Bonchev–Trinajstić information content (AvgIpc) is 3.52. The van der Waals surface area contributed by atoms with Crippen molar-refractivity contribution in [2.45, 2.75) is 32.0 Å². The Morgan fingerprint density at radius 2 is 2.06 bits per heavy atom. The van der Waals surface area contributed by atoms with Crippen molar-refractivity contribution in [1.82, 2.24) is 19.3 Å². The highest BCUT2D eigenvalue weighted by molar-refractivity contribution is 6.05. The molecule has 32 heavy (non-hydrogen) atoms. The molecule has 164 valence electrons. The van der Waals surface area contributed by atoms with E-state index in [0.717, 1.165) is 42.2 Å². The lowest BCUT2D eigenvalue weighted by atomic mass is 10.1. The van der Waals surface area contributed by atoms with Crippen LogP contribution in [0.2, 0.25) is 0 Å². The molecule has 10 heteroatoms. The number of primary amides is 1. The van der Waals surface area contributed by atoms with Gasteiger partial charge >= 0.3 is 0 Å². The molecule has 3 aliphatic rings. The number of carbonyl (C=O) groups excluding carboxylic acids is 2. The molecule has 0 spiro atoms. The third kappa shape index (κ3) is 2.86. The molecular weight excluding hydrogens is 410 g/mol. The molecular formula is C22H23N7O3. The second kappa shape index (κ2) is 7.11. The number of nitrogens with two attached hydrogens (primary N) is 1. The summed E-state index contributed by atoms with van der Waals surface area (Å²) in [4.78, 5) is 33.3. The minimum absolute atomic E-state index is 0.0969. The van der Waals surface area contributed by atoms with E-state index in [4.69, 9.17) is 15.5 Å². The van der Waals surface area contributed by atoms with Crippen molar-refractivity contribution < 1.29 is 14.3 Å². The summed E-state index contributed by atoms with van der Waals surface area (Å²) in [6, 6.07) is 7.37. The molecule has 10 nitrogen and oxygen atoms in total. The van der Waals surface area contributed by atoms with Gasteiger partial charge in [0.05, 0.1) is 18.7 Å². The van der Waals surface area contributed by atoms with Crippen LogP contribution in [-0.4, -0.2) is 56.9 Å². The van der Waals surface area contributed by atoms with Crippen molar-refractivity contribution in [2.24, 2.45) is 5.73 Å². The number of anilines is 2. The Bertz CT molecular complexity index is 1230. The maximum Gasteiger partial charge on any atom is 0.277 e. The van der Waals surface area contributed by atoms with Gasteiger partial charge in [0.2, 0.25) is 5.91 Å². The van der Waals surface area contributed by atoms with Crippen LogP contribution < -0.4 is 20.3 Å². The van der Waals surface area contributed by atoms with E-state index in [9.17, 15) is 9.59 Å². The van der Waals surface area contributed by atoms with Crippen molar-refractivity contribution in [3.63, 3.8) is 0 Å². The lowest BCUT2D eigenvalue weighted by Crippen LogP contribution is -2.40. The van der Waals surface area contributed by atoms with Gasteiger partial charge in [0.1, 0.15) is 29.9 Å². The summed E-state index contributed by atoms with van der Waals surface area (Å²) in [5, 5.41) is 4.19. The number of carbonyl (C=O) groups is 2. The number of hydrogen-bond acceptors (Lipinski definition) is 6. The second-order valence-electron chi connectivity index (χ2n) is 8.30. The van der Waals surface area contributed by atoms with Crippen LogP contribution in [0.4, 0.5) is 11.5 Å². The van der Waals surface area contributed by atoms with Gasteiger partial charge < -0.3 is 19.9 Å². The first kappa shape index (κ1) is 18.9. The third-order valence-corrected chi connectivity index (χ3v) is 6.47. The minimum Gasteiger partial charge on any atom is -0.491 e. The molecule has 1 atom stereocenters. The van der Waals surface area contributed by atoms with E-state index < -0.39 is 0 Å². The van der Waals surface area contributed by atoms with E-state index in [2.05, 4.69) is 5.10 Å². The number of rotatable bonds is 3. The fraction of sp³-hybridized carbons (Fsp3) is 0.364. The second-order valence-corrected chi connectivity index (χ2v) is 8.30. The number of amides is 2. The van der Waals surface area contributed by atoms with Crippen LogP contribution >= 0.6 is 0 Å². The van der Waals surface area contributed by atoms with Crippen molar-refractivity contribution in [1.29, 1.82) is 0 Å². The molecule has 6 rings (SSSR count). The Balaban J connectivity index is 1.35. The predicted molar refractivity (Wildman–Crippen MR) is 117 cm³/mol. The van der Waals surface area contributed by atoms with Crippen LogP contribution in [0.15, 0.2) is 36.7 Å². The van der Waals surface area contributed by atoms with Gasteiger partial charge in [-0.25, -0.2) is 4.98 Å². The summed E-state index contributed by atoms with van der Waals surface area (Å²) in [5.41, 5.74) is 7.95. The maximum atomic E-state index is 12.9. The van der Waals surface area contributed by atoms with Gasteiger partial charge in [-0.15, -0.1) is 0 Å². The smallest absolute Gasteiger partial charge is 0.277 e. The van der Waals surface area contributed by atoms with E-state index in [1.165, 1.54) is 0 Å². The third-order valence-electron chi connectivity index (χ3n) is 6.47. The molecule has 3 aliphatic heterocycles. The largest absolute Gasteiger partial charge is 0.491 e. The normalized spacial score (nSPS) is 19.8. The highest BCUT2D eigenvalue weighted by atomic mass is 16.5. The van der Waals surface area contributed by atoms with Gasteiger partial charge in [-0.05, 0) is 31.0 Å². The SMILES string of the molecule is NC(=O)[C@@H]1CCCN1c1ccc2c(c1)OCCn1cc(N3CCn4nccc4C3=O)nc1-2. The van der Waals surface area contributed by atoms with Crippen molar-refractivity contribution in [3.05, 3.63) is 42.4 Å². The Morgan fingerprint density at radius 3 is 2.94 bits per heavy atom. The molecule has 0 unspecified atom stereocenters. The number of imidazole rings is 1. The van der Waals surface area contributed by atoms with Crippen LogP contribution in [0.3, 0.4) is 0 Å². The van der Waals surface area contributed by atoms with E-state index in [1.54, 1.807) is 21.8 Å². The van der Waals surface area contributed by atoms with Gasteiger partial charge in [0, 0.05) is 37.2 Å². The summed E-state index contributed by atoms with van der Waals surface area (Å²) in [6.45, 7) is 3.06. The van der Waals surface area contributed by atoms with E-state index in [1.807, 2.05) is 33.9 Å². The number of aromatic nitrogens is 4. The first-order chi connectivity index (χ1) is 15.6. The number of ether oxygens (including phenoxy) is 1. The number of benzene rings is 1. The lowest BCUT2D eigenvalue weighted by Gasteiger charge is -2.25. The molecule has 1 aromatic carbocycles. The van der Waals surface area contributed by atoms with Crippen LogP contribution in [0.1, 0.15) is 23.3 Å². The first-order valence-corrected chi connectivity index (χ1v) is 10.8. The van der Waals surface area contributed by atoms with E-state index >= 15 is 0 Å². The number of hydrogen-bond donors (Lipinski definition) is 1. The summed E-state index contributed by atoms with van der Waals surface area (Å²) >= 11 is 0. The van der Waals surface area contributed by atoms with E-state index in [0.29, 0.717) is 37.8 Å². The molecule has 0 radical (unpaired) electrons. The first-order valence-electron chi connectivity index (χ1n) is 10.8. The Labute approximate surface area is 184 Å². The van der Waals surface area contributed by atoms with Gasteiger partial charge in [-0.1, -0.05) is 0 Å². The molecule has 2 N–H and O–H groups in total. The fourth-order valence-corrected chi connectivity index (χ4v) is 4.88. The Kier molecular flexibility index (Phi) is 4.20. The van der Waals surface area contributed by atoms with Crippen LogP contribution in [0.25, 0.3) is 11.4 Å². The standard InChI is InChI=1S/C22H23N7O3/c23-20(30)16-2-1-7-27(16)14-3-4-15-18(12-14)32-11-10-26-13-19(25-21(15)26)28-8-9-29-17(22(28)31)5-6-24-29/h3-6,12-13,16H,1-2,7-11H2,(H2,23,30)/t16-/m0/s1. The van der Waals surface area contributed by atoms with Crippen molar-refractivity contribution in [2.75, 3.05) is 29.5 Å². The van der Waals surface area contributed by atoms with Crippen LogP contribution in [0, 0.1) is 0 Å². The summed E-state index contributed by atoms with van der Waals surface area (Å²) < 4.78 is 9.79. The van der Waals surface area contributed by atoms with E-state index in [-0.39, 0.29) is 17.9 Å². The summed E-state index contributed by atoms with van der Waals surface area (Å²) in [6.07, 6.45) is 5.26. The van der Waals surface area contributed by atoms with Gasteiger partial charge in [0.25, 0.3) is 5.91 Å². The van der Waals surface area contributed by atoms with Gasteiger partial charge in [-0.3, -0.25) is 19.2 Å². The maximum absolute atomic E-state index is 12.9. The highest BCUT2D eigenvalue weighted by Gasteiger charge is 2.32. The number of nitrogens with zero attached hydrogens (tertiary/aromatic N) is 6. The monoisotopic (exact) mass is 433 g/mol. The lowest BCUT2D eigenvalue weighted by molar-refractivity contribution is -0.119. The quantitative estimate of drug-likeness (QED) is 0.666. The molecule has 0 aliphatic carbocycles. The minimum atomic E-state index is -0.300. The predicted octanol–water partition coefficient (Wildman–Crippen LogP) is 1.25. The highest BCUT2D eigenvalue weighted by Crippen LogP contribution is 2.38. The van der Waals surface area contributed by atoms with Crippen LogP contribution in [0.5, 0.6) is 5.75 Å². The van der Waals surface area contributed by atoms with Crippen LogP contribution in [-0.2, 0) is 17.9 Å². The zero-order valence-corrected chi connectivity index (χ0v) is 17.5. The molecule has 1 fully saturated rings. The molecule has 3 aromatic rings. The summed E-state index contributed by atoms with van der Waals surface area (Å²) in [5.74, 6) is 1.71. The molecule has 0 bridgehead atoms.